The molecule has 6 heteroatoms. The van der Waals surface area contributed by atoms with Gasteiger partial charge in [0.1, 0.15) is 0 Å². The SMILES string of the molecule is Nc1nc(-c2ccco2)nc2cc(-c3ccccc3)nn12. The Bertz CT molecular complexity index is 897. The third-order valence-electron chi connectivity index (χ3n) is 3.16. The van der Waals surface area contributed by atoms with E-state index in [4.69, 9.17) is 10.2 Å². The Morgan fingerprint density at radius 1 is 1.00 bits per heavy atom. The van der Waals surface area contributed by atoms with Gasteiger partial charge >= 0.3 is 0 Å². The highest BCUT2D eigenvalue weighted by atomic mass is 16.3. The molecule has 21 heavy (non-hydrogen) atoms. The zero-order valence-electron chi connectivity index (χ0n) is 11.0. The molecule has 6 nitrogen and oxygen atoms in total. The maximum Gasteiger partial charge on any atom is 0.225 e. The Labute approximate surface area is 119 Å². The summed E-state index contributed by atoms with van der Waals surface area (Å²) in [5, 5.41) is 4.44. The fraction of sp³-hybridized carbons (Fsp3) is 0. The van der Waals surface area contributed by atoms with Crippen LogP contribution in [0.3, 0.4) is 0 Å². The second kappa shape index (κ2) is 4.45. The van der Waals surface area contributed by atoms with Crippen LogP contribution in [0.25, 0.3) is 28.5 Å². The first-order chi connectivity index (χ1) is 10.3. The van der Waals surface area contributed by atoms with Crippen LogP contribution in [0.5, 0.6) is 0 Å². The molecule has 0 atom stereocenters. The summed E-state index contributed by atoms with van der Waals surface area (Å²) in [6.45, 7) is 0. The molecule has 1 aromatic carbocycles. The normalized spacial score (nSPS) is 11.0. The highest BCUT2D eigenvalue weighted by Gasteiger charge is 2.12. The minimum absolute atomic E-state index is 0.272. The van der Waals surface area contributed by atoms with Gasteiger partial charge in [0, 0.05) is 11.6 Å². The molecule has 4 aromatic rings. The molecule has 0 saturated carbocycles. The average Bonchev–Trinajstić information content (AvgIpc) is 3.17. The second-order valence-corrected chi connectivity index (χ2v) is 4.55. The molecule has 0 aliphatic carbocycles. The summed E-state index contributed by atoms with van der Waals surface area (Å²) in [6, 6.07) is 15.3. The van der Waals surface area contributed by atoms with Gasteiger partial charge in [0.15, 0.2) is 11.4 Å². The number of aromatic nitrogens is 4. The fourth-order valence-corrected chi connectivity index (χ4v) is 2.17. The first kappa shape index (κ1) is 11.7. The van der Waals surface area contributed by atoms with E-state index in [1.54, 1.807) is 18.4 Å². The van der Waals surface area contributed by atoms with Crippen LogP contribution in [0, 0.1) is 0 Å². The van der Waals surface area contributed by atoms with Gasteiger partial charge in [-0.3, -0.25) is 0 Å². The summed E-state index contributed by atoms with van der Waals surface area (Å²) in [5.41, 5.74) is 8.40. The van der Waals surface area contributed by atoms with E-state index >= 15 is 0 Å². The molecule has 0 aliphatic heterocycles. The molecule has 0 spiro atoms. The molecule has 0 radical (unpaired) electrons. The summed E-state index contributed by atoms with van der Waals surface area (Å²) >= 11 is 0. The van der Waals surface area contributed by atoms with Crippen LogP contribution < -0.4 is 5.73 Å². The van der Waals surface area contributed by atoms with E-state index in [1.165, 1.54) is 4.52 Å². The Balaban J connectivity index is 1.90. The van der Waals surface area contributed by atoms with Gasteiger partial charge in [0.25, 0.3) is 0 Å². The molecular formula is C15H11N5O. The molecule has 3 heterocycles. The zero-order valence-corrected chi connectivity index (χ0v) is 11.0. The maximum atomic E-state index is 5.96. The molecule has 0 fully saturated rings. The molecule has 102 valence electrons. The van der Waals surface area contributed by atoms with Crippen molar-refractivity contribution in [1.29, 1.82) is 0 Å². The number of anilines is 1. The lowest BCUT2D eigenvalue weighted by atomic mass is 10.2. The Morgan fingerprint density at radius 2 is 1.86 bits per heavy atom. The van der Waals surface area contributed by atoms with Crippen LogP contribution in [0.2, 0.25) is 0 Å². The number of rotatable bonds is 2. The van der Waals surface area contributed by atoms with E-state index in [-0.39, 0.29) is 5.95 Å². The number of nitrogens with two attached hydrogens (primary N) is 1. The van der Waals surface area contributed by atoms with Crippen LogP contribution >= 0.6 is 0 Å². The van der Waals surface area contributed by atoms with Crippen molar-refractivity contribution in [3.8, 4) is 22.8 Å². The molecule has 2 N–H and O–H groups in total. The van der Waals surface area contributed by atoms with Gasteiger partial charge in [-0.15, -0.1) is 0 Å². The predicted octanol–water partition coefficient (Wildman–Crippen LogP) is 2.63. The lowest BCUT2D eigenvalue weighted by Gasteiger charge is -2.00. The number of nitrogen functional groups attached to an aromatic ring is 1. The molecule has 3 aromatic heterocycles. The first-order valence-corrected chi connectivity index (χ1v) is 6.44. The Morgan fingerprint density at radius 3 is 2.62 bits per heavy atom. The molecular weight excluding hydrogens is 266 g/mol. The Hall–Kier alpha value is -3.15. The van der Waals surface area contributed by atoms with Crippen molar-refractivity contribution in [2.45, 2.75) is 0 Å². The van der Waals surface area contributed by atoms with Crippen molar-refractivity contribution < 1.29 is 4.42 Å². The van der Waals surface area contributed by atoms with Crippen LogP contribution in [-0.4, -0.2) is 19.6 Å². The topological polar surface area (TPSA) is 82.2 Å². The summed E-state index contributed by atoms with van der Waals surface area (Å²) < 4.78 is 6.83. The van der Waals surface area contributed by atoms with Gasteiger partial charge in [-0.05, 0) is 12.1 Å². The van der Waals surface area contributed by atoms with E-state index in [1.807, 2.05) is 36.4 Å². The summed E-state index contributed by atoms with van der Waals surface area (Å²) in [5.74, 6) is 1.30. The number of fused-ring (bicyclic) bond motifs is 1. The van der Waals surface area contributed by atoms with Crippen molar-refractivity contribution in [2.24, 2.45) is 0 Å². The van der Waals surface area contributed by atoms with Gasteiger partial charge in [0.05, 0.1) is 12.0 Å². The number of nitrogens with zero attached hydrogens (tertiary/aromatic N) is 4. The first-order valence-electron chi connectivity index (χ1n) is 6.44. The summed E-state index contributed by atoms with van der Waals surface area (Å²) in [6.07, 6.45) is 1.57. The zero-order chi connectivity index (χ0) is 14.2. The van der Waals surface area contributed by atoms with E-state index in [2.05, 4.69) is 15.1 Å². The van der Waals surface area contributed by atoms with Crippen molar-refractivity contribution in [3.05, 3.63) is 54.8 Å². The van der Waals surface area contributed by atoms with Crippen molar-refractivity contribution in [1.82, 2.24) is 19.6 Å². The van der Waals surface area contributed by atoms with E-state index in [0.29, 0.717) is 17.2 Å². The van der Waals surface area contributed by atoms with Crippen LogP contribution in [0.4, 0.5) is 5.95 Å². The van der Waals surface area contributed by atoms with Crippen LogP contribution in [-0.2, 0) is 0 Å². The third kappa shape index (κ3) is 1.93. The fourth-order valence-electron chi connectivity index (χ4n) is 2.17. The highest BCUT2D eigenvalue weighted by molar-refractivity contribution is 5.66. The monoisotopic (exact) mass is 277 g/mol. The number of hydrogen-bond acceptors (Lipinski definition) is 5. The maximum absolute atomic E-state index is 5.96. The minimum atomic E-state index is 0.272. The summed E-state index contributed by atoms with van der Waals surface area (Å²) in [4.78, 5) is 8.66. The van der Waals surface area contributed by atoms with Crippen molar-refractivity contribution in [2.75, 3.05) is 5.73 Å². The average molecular weight is 277 g/mol. The smallest absolute Gasteiger partial charge is 0.225 e. The highest BCUT2D eigenvalue weighted by Crippen LogP contribution is 2.22. The lowest BCUT2D eigenvalue weighted by Crippen LogP contribution is -2.04. The van der Waals surface area contributed by atoms with Crippen molar-refractivity contribution in [3.63, 3.8) is 0 Å². The van der Waals surface area contributed by atoms with E-state index in [0.717, 1.165) is 11.3 Å². The van der Waals surface area contributed by atoms with Gasteiger partial charge in [0.2, 0.25) is 11.8 Å². The molecule has 0 aliphatic rings. The molecule has 0 bridgehead atoms. The standard InChI is InChI=1S/C15H11N5O/c16-15-18-14(12-7-4-8-21-12)17-13-9-11(19-20(13)15)10-5-2-1-3-6-10/h1-9H,(H2,16,17,18). The Kier molecular flexibility index (Phi) is 2.47. The van der Waals surface area contributed by atoms with E-state index in [9.17, 15) is 0 Å². The summed E-state index contributed by atoms with van der Waals surface area (Å²) in [7, 11) is 0. The van der Waals surface area contributed by atoms with Crippen molar-refractivity contribution >= 4 is 11.6 Å². The number of furan rings is 1. The predicted molar refractivity (Wildman–Crippen MR) is 78.3 cm³/mol. The quantitative estimate of drug-likeness (QED) is 0.609. The van der Waals surface area contributed by atoms with Crippen LogP contribution in [0.15, 0.2) is 59.2 Å². The lowest BCUT2D eigenvalue weighted by molar-refractivity contribution is 0.577. The molecule has 4 rings (SSSR count). The van der Waals surface area contributed by atoms with Gasteiger partial charge in [-0.2, -0.15) is 14.6 Å². The largest absolute Gasteiger partial charge is 0.461 e. The molecule has 0 amide bonds. The van der Waals surface area contributed by atoms with Gasteiger partial charge in [-0.25, -0.2) is 4.98 Å². The van der Waals surface area contributed by atoms with Gasteiger partial charge in [-0.1, -0.05) is 30.3 Å². The minimum Gasteiger partial charge on any atom is -0.461 e. The second-order valence-electron chi connectivity index (χ2n) is 4.55. The molecule has 0 unspecified atom stereocenters. The number of benzene rings is 1. The van der Waals surface area contributed by atoms with Crippen LogP contribution in [0.1, 0.15) is 0 Å². The number of hydrogen-bond donors (Lipinski definition) is 1. The van der Waals surface area contributed by atoms with E-state index < -0.39 is 0 Å². The third-order valence-corrected chi connectivity index (χ3v) is 3.16. The van der Waals surface area contributed by atoms with Gasteiger partial charge < -0.3 is 10.2 Å². The molecule has 0 saturated heterocycles.